The highest BCUT2D eigenvalue weighted by Gasteiger charge is 2.48. The Bertz CT molecular complexity index is 1150. The minimum atomic E-state index is -3.34. The quantitative estimate of drug-likeness (QED) is 0.351. The predicted molar refractivity (Wildman–Crippen MR) is 143 cm³/mol. The summed E-state index contributed by atoms with van der Waals surface area (Å²) in [7, 11) is -1.83. The molecular formula is C26H40N4O8S. The maximum atomic E-state index is 13.4. The highest BCUT2D eigenvalue weighted by molar-refractivity contribution is 7.89. The first kappa shape index (κ1) is 29.4. The summed E-state index contributed by atoms with van der Waals surface area (Å²) in [6.07, 6.45) is 2.63. The van der Waals surface area contributed by atoms with Gasteiger partial charge < -0.3 is 30.0 Å². The number of likely N-dealkylation sites (tertiary alicyclic amines) is 1. The van der Waals surface area contributed by atoms with Gasteiger partial charge in [0.15, 0.2) is 11.5 Å². The molecule has 0 spiro atoms. The van der Waals surface area contributed by atoms with Crippen molar-refractivity contribution < 1.29 is 37.3 Å². The Hall–Kier alpha value is -2.61. The molecule has 1 aromatic rings. The first-order valence-electron chi connectivity index (χ1n) is 13.6. The maximum Gasteiger partial charge on any atom is 0.308 e. The molecule has 0 bridgehead atoms. The van der Waals surface area contributed by atoms with Crippen molar-refractivity contribution in [2.24, 2.45) is 11.7 Å². The van der Waals surface area contributed by atoms with E-state index in [1.54, 1.807) is 17.0 Å². The Morgan fingerprint density at radius 2 is 2.05 bits per heavy atom. The van der Waals surface area contributed by atoms with Gasteiger partial charge in [0.25, 0.3) is 0 Å². The summed E-state index contributed by atoms with van der Waals surface area (Å²) in [5, 5.41) is 10.4. The second kappa shape index (κ2) is 12.7. The average molecular weight is 569 g/mol. The zero-order valence-corrected chi connectivity index (χ0v) is 23.5. The van der Waals surface area contributed by atoms with Crippen molar-refractivity contribution in [1.82, 2.24) is 14.1 Å². The Balaban J connectivity index is 1.64. The van der Waals surface area contributed by atoms with Gasteiger partial charge in [-0.05, 0) is 37.0 Å². The summed E-state index contributed by atoms with van der Waals surface area (Å²) < 4.78 is 42.9. The van der Waals surface area contributed by atoms with Crippen molar-refractivity contribution in [3.63, 3.8) is 0 Å². The van der Waals surface area contributed by atoms with Gasteiger partial charge in [-0.25, -0.2) is 12.7 Å². The molecule has 0 aromatic heterocycles. The molecule has 0 saturated carbocycles. The number of ether oxygens (including phenoxy) is 3. The highest BCUT2D eigenvalue weighted by atomic mass is 32.2. The number of hydrogen-bond acceptors (Lipinski definition) is 9. The van der Waals surface area contributed by atoms with E-state index in [1.807, 2.05) is 4.90 Å². The van der Waals surface area contributed by atoms with Gasteiger partial charge in [-0.3, -0.25) is 14.5 Å². The van der Waals surface area contributed by atoms with Crippen molar-refractivity contribution >= 4 is 21.9 Å². The van der Waals surface area contributed by atoms with Crippen molar-refractivity contribution in [3.05, 3.63) is 17.7 Å². The molecule has 3 unspecified atom stereocenters. The van der Waals surface area contributed by atoms with Crippen LogP contribution in [0.2, 0.25) is 0 Å². The van der Waals surface area contributed by atoms with Crippen LogP contribution in [-0.4, -0.2) is 111 Å². The second-order valence-electron chi connectivity index (χ2n) is 10.3. The molecule has 0 radical (unpaired) electrons. The molecule has 0 aliphatic carbocycles. The largest absolute Gasteiger partial charge is 0.493 e. The second-order valence-corrected chi connectivity index (χ2v) is 12.4. The molecule has 3 N–H and O–H groups in total. The number of carbonyl (C=O) groups excluding carboxylic acids is 1. The number of nitrogens with zero attached hydrogens (tertiary/aromatic N) is 3. The number of nitrogens with two attached hydrogens (primary N) is 1. The zero-order valence-electron chi connectivity index (χ0n) is 22.7. The van der Waals surface area contributed by atoms with E-state index in [1.165, 1.54) is 11.4 Å². The minimum Gasteiger partial charge on any atom is -0.493 e. The molecule has 39 heavy (non-hydrogen) atoms. The number of carboxylic acid groups (broad SMARTS) is 1. The number of unbranched alkanes of at least 4 members (excludes halogenated alkanes) is 1. The fourth-order valence-electron chi connectivity index (χ4n) is 5.91. The number of carboxylic acids is 1. The fraction of sp³-hybridized carbons (Fsp3) is 0.692. The normalized spacial score (nSPS) is 24.2. The van der Waals surface area contributed by atoms with Crippen LogP contribution in [0.25, 0.3) is 0 Å². The van der Waals surface area contributed by atoms with Gasteiger partial charge in [0.2, 0.25) is 28.5 Å². The van der Waals surface area contributed by atoms with E-state index in [0.717, 1.165) is 12.8 Å². The lowest BCUT2D eigenvalue weighted by atomic mass is 9.84. The standard InChI is InChI=1S/C26H40N4O8S/c1-3-4-8-28(11-7-27)23(31)16-29-15-19(18-13-21(36-2)25-22(14-18)37-17-38-25)24(26(32)33)20(29)6-10-30-9-5-12-39(30,34)35/h13-14,19-20,24H,3-12,15-17,27H2,1-2H3,(H,32,33). The number of aliphatic carboxylic acids is 1. The summed E-state index contributed by atoms with van der Waals surface area (Å²) in [4.78, 5) is 29.8. The molecule has 3 atom stereocenters. The van der Waals surface area contributed by atoms with E-state index in [0.29, 0.717) is 68.4 Å². The molecule has 3 aliphatic rings. The van der Waals surface area contributed by atoms with Gasteiger partial charge in [-0.15, -0.1) is 0 Å². The Morgan fingerprint density at radius 1 is 1.26 bits per heavy atom. The zero-order chi connectivity index (χ0) is 28.2. The van der Waals surface area contributed by atoms with E-state index >= 15 is 0 Å². The summed E-state index contributed by atoms with van der Waals surface area (Å²) in [5.74, 6) is -0.936. The fourth-order valence-corrected chi connectivity index (χ4v) is 7.46. The van der Waals surface area contributed by atoms with Crippen LogP contribution in [0.1, 0.15) is 44.1 Å². The van der Waals surface area contributed by atoms with Crippen molar-refractivity contribution in [1.29, 1.82) is 0 Å². The predicted octanol–water partition coefficient (Wildman–Crippen LogP) is 0.906. The van der Waals surface area contributed by atoms with Crippen molar-refractivity contribution in [2.45, 2.75) is 44.6 Å². The summed E-state index contributed by atoms with van der Waals surface area (Å²) in [6.45, 7) is 4.42. The molecule has 3 aliphatic heterocycles. The number of hydrogen-bond donors (Lipinski definition) is 2. The van der Waals surface area contributed by atoms with Crippen LogP contribution in [0.15, 0.2) is 12.1 Å². The van der Waals surface area contributed by atoms with Gasteiger partial charge in [0, 0.05) is 51.2 Å². The monoisotopic (exact) mass is 568 g/mol. The minimum absolute atomic E-state index is 0.0309. The van der Waals surface area contributed by atoms with Crippen molar-refractivity contribution in [3.8, 4) is 17.2 Å². The lowest BCUT2D eigenvalue weighted by molar-refractivity contribution is -0.143. The van der Waals surface area contributed by atoms with E-state index in [-0.39, 0.29) is 31.5 Å². The number of fused-ring (bicyclic) bond motifs is 1. The number of sulfonamides is 1. The summed E-state index contributed by atoms with van der Waals surface area (Å²) in [6, 6.07) is 3.00. The van der Waals surface area contributed by atoms with Crippen LogP contribution >= 0.6 is 0 Å². The number of carbonyl (C=O) groups is 2. The van der Waals surface area contributed by atoms with Gasteiger partial charge in [-0.2, -0.15) is 0 Å². The lowest BCUT2D eigenvalue weighted by Crippen LogP contribution is -2.46. The molecule has 218 valence electrons. The smallest absolute Gasteiger partial charge is 0.308 e. The first-order chi connectivity index (χ1) is 18.7. The van der Waals surface area contributed by atoms with E-state index in [2.05, 4.69) is 6.92 Å². The summed E-state index contributed by atoms with van der Waals surface area (Å²) in [5.41, 5.74) is 6.48. The molecule has 3 heterocycles. The van der Waals surface area contributed by atoms with Gasteiger partial charge in [0.1, 0.15) is 0 Å². The van der Waals surface area contributed by atoms with E-state index in [9.17, 15) is 23.1 Å². The summed E-state index contributed by atoms with van der Waals surface area (Å²) >= 11 is 0. The number of rotatable bonds is 13. The third kappa shape index (κ3) is 6.42. The Morgan fingerprint density at radius 3 is 2.69 bits per heavy atom. The average Bonchev–Trinajstić information content (AvgIpc) is 3.61. The molecule has 12 nitrogen and oxygen atoms in total. The first-order valence-corrected chi connectivity index (χ1v) is 15.2. The number of methoxy groups -OCH3 is 1. The topological polar surface area (TPSA) is 152 Å². The van der Waals surface area contributed by atoms with Gasteiger partial charge >= 0.3 is 5.97 Å². The van der Waals surface area contributed by atoms with E-state index in [4.69, 9.17) is 19.9 Å². The van der Waals surface area contributed by atoms with Gasteiger partial charge in [-0.1, -0.05) is 13.3 Å². The third-order valence-electron chi connectivity index (χ3n) is 7.89. The molecule has 2 saturated heterocycles. The number of amides is 1. The van der Waals surface area contributed by atoms with Crippen LogP contribution in [0.4, 0.5) is 0 Å². The van der Waals surface area contributed by atoms with Crippen LogP contribution in [-0.2, 0) is 19.6 Å². The molecule has 4 rings (SSSR count). The van der Waals surface area contributed by atoms with Crippen LogP contribution < -0.4 is 19.9 Å². The molecule has 1 aromatic carbocycles. The molecular weight excluding hydrogens is 528 g/mol. The van der Waals surface area contributed by atoms with Crippen LogP contribution in [0.3, 0.4) is 0 Å². The Kier molecular flexibility index (Phi) is 9.57. The SMILES string of the molecule is CCCCN(CCN)C(=O)CN1CC(c2cc(OC)c3c(c2)OCO3)C(C(=O)O)C1CCN1CCCS1(=O)=O. The van der Waals surface area contributed by atoms with Crippen molar-refractivity contribution in [2.75, 3.05) is 65.5 Å². The highest BCUT2D eigenvalue weighted by Crippen LogP contribution is 2.47. The Labute approximate surface area is 230 Å². The number of benzene rings is 1. The van der Waals surface area contributed by atoms with Crippen LogP contribution in [0, 0.1) is 5.92 Å². The maximum absolute atomic E-state index is 13.4. The molecule has 2 fully saturated rings. The van der Waals surface area contributed by atoms with E-state index < -0.39 is 33.9 Å². The molecule has 1 amide bonds. The lowest BCUT2D eigenvalue weighted by Gasteiger charge is -2.30. The van der Waals surface area contributed by atoms with Gasteiger partial charge in [0.05, 0.1) is 25.3 Å². The molecule has 13 heteroatoms. The van der Waals surface area contributed by atoms with Crippen LogP contribution in [0.5, 0.6) is 17.2 Å². The third-order valence-corrected chi connectivity index (χ3v) is 9.85.